The molecule has 94 valence electrons. The molecule has 0 aromatic rings. The van der Waals surface area contributed by atoms with Crippen molar-refractivity contribution >= 4 is 5.91 Å². The van der Waals surface area contributed by atoms with E-state index in [0.29, 0.717) is 6.04 Å². The van der Waals surface area contributed by atoms with Crippen LogP contribution in [0.1, 0.15) is 33.1 Å². The van der Waals surface area contributed by atoms with Gasteiger partial charge in [-0.25, -0.2) is 0 Å². The van der Waals surface area contributed by atoms with Crippen LogP contribution in [0.3, 0.4) is 0 Å². The van der Waals surface area contributed by atoms with Crippen molar-refractivity contribution in [3.05, 3.63) is 0 Å². The average molecular weight is 228 g/mol. The van der Waals surface area contributed by atoms with Crippen molar-refractivity contribution in [3.63, 3.8) is 0 Å². The molecule has 0 aromatic carbocycles. The smallest absolute Gasteiger partial charge is 0.224 e. The van der Waals surface area contributed by atoms with E-state index >= 15 is 0 Å². The number of amides is 1. The molecule has 0 spiro atoms. The summed E-state index contributed by atoms with van der Waals surface area (Å²) in [5, 5.41) is 6.31. The highest BCUT2D eigenvalue weighted by Crippen LogP contribution is 2.13. The second-order valence-corrected chi connectivity index (χ2v) is 4.43. The van der Waals surface area contributed by atoms with Gasteiger partial charge in [-0.1, -0.05) is 0 Å². The minimum absolute atomic E-state index is 0.156. The van der Waals surface area contributed by atoms with Crippen LogP contribution in [0.4, 0.5) is 0 Å². The Kier molecular flexibility index (Phi) is 6.42. The van der Waals surface area contributed by atoms with Gasteiger partial charge in [-0.3, -0.25) is 4.79 Å². The molecule has 1 heterocycles. The van der Waals surface area contributed by atoms with Gasteiger partial charge in [0.05, 0.1) is 5.92 Å². The van der Waals surface area contributed by atoms with E-state index in [1.165, 1.54) is 0 Å². The van der Waals surface area contributed by atoms with Gasteiger partial charge in [0.2, 0.25) is 5.91 Å². The minimum atomic E-state index is 0.156. The van der Waals surface area contributed by atoms with Gasteiger partial charge in [-0.15, -0.1) is 0 Å². The maximum absolute atomic E-state index is 11.7. The lowest BCUT2D eigenvalue weighted by Gasteiger charge is -2.26. The first kappa shape index (κ1) is 13.5. The van der Waals surface area contributed by atoms with E-state index < -0.39 is 0 Å². The van der Waals surface area contributed by atoms with Crippen LogP contribution in [-0.4, -0.2) is 38.3 Å². The summed E-state index contributed by atoms with van der Waals surface area (Å²) < 4.78 is 5.21. The monoisotopic (exact) mass is 228 g/mol. The lowest BCUT2D eigenvalue weighted by atomic mass is 9.95. The molecule has 1 aliphatic heterocycles. The third-order valence-corrected chi connectivity index (χ3v) is 3.00. The first-order valence-electron chi connectivity index (χ1n) is 6.33. The molecule has 0 bridgehead atoms. The van der Waals surface area contributed by atoms with Crippen molar-refractivity contribution in [3.8, 4) is 0 Å². The van der Waals surface area contributed by atoms with Crippen molar-refractivity contribution in [2.75, 3.05) is 26.3 Å². The molecule has 16 heavy (non-hydrogen) atoms. The van der Waals surface area contributed by atoms with E-state index in [1.54, 1.807) is 0 Å². The second-order valence-electron chi connectivity index (χ2n) is 4.43. The fraction of sp³-hybridized carbons (Fsp3) is 0.917. The minimum Gasteiger partial charge on any atom is -0.382 e. The number of nitrogens with one attached hydrogen (secondary N) is 2. The summed E-state index contributed by atoms with van der Waals surface area (Å²) in [4.78, 5) is 11.7. The van der Waals surface area contributed by atoms with Crippen molar-refractivity contribution in [2.24, 2.45) is 5.92 Å². The number of piperidine rings is 1. The Morgan fingerprint density at radius 1 is 1.50 bits per heavy atom. The van der Waals surface area contributed by atoms with E-state index in [0.717, 1.165) is 45.6 Å². The molecule has 1 aliphatic rings. The van der Waals surface area contributed by atoms with Crippen LogP contribution < -0.4 is 10.6 Å². The number of carbonyl (C=O) groups excluding carboxylic acids is 1. The predicted octanol–water partition coefficient (Wildman–Crippen LogP) is 0.917. The molecule has 4 nitrogen and oxygen atoms in total. The zero-order valence-electron chi connectivity index (χ0n) is 10.4. The maximum Gasteiger partial charge on any atom is 0.224 e. The highest BCUT2D eigenvalue weighted by molar-refractivity contribution is 5.78. The van der Waals surface area contributed by atoms with Gasteiger partial charge < -0.3 is 15.4 Å². The lowest BCUT2D eigenvalue weighted by molar-refractivity contribution is -0.125. The van der Waals surface area contributed by atoms with E-state index in [-0.39, 0.29) is 11.8 Å². The quantitative estimate of drug-likeness (QED) is 0.665. The summed E-state index contributed by atoms with van der Waals surface area (Å²) >= 11 is 0. The summed E-state index contributed by atoms with van der Waals surface area (Å²) in [5.74, 6) is 0.346. The molecular weight excluding hydrogens is 204 g/mol. The van der Waals surface area contributed by atoms with Crippen LogP contribution in [0, 0.1) is 5.92 Å². The van der Waals surface area contributed by atoms with E-state index in [2.05, 4.69) is 17.6 Å². The molecule has 2 unspecified atom stereocenters. The van der Waals surface area contributed by atoms with Crippen molar-refractivity contribution in [2.45, 2.75) is 39.2 Å². The topological polar surface area (TPSA) is 50.4 Å². The Balaban J connectivity index is 2.06. The SMILES string of the molecule is CCOCCCNC(=O)C1CCC(C)NC1. The molecule has 1 rings (SSSR count). The molecule has 0 radical (unpaired) electrons. The Bertz CT molecular complexity index is 201. The molecular formula is C12H24N2O2. The molecule has 0 aromatic heterocycles. The van der Waals surface area contributed by atoms with Crippen LogP contribution in [0.2, 0.25) is 0 Å². The maximum atomic E-state index is 11.7. The first-order valence-corrected chi connectivity index (χ1v) is 6.33. The first-order chi connectivity index (χ1) is 7.74. The summed E-state index contributed by atoms with van der Waals surface area (Å²) in [5.41, 5.74) is 0. The normalized spacial score (nSPS) is 25.4. The van der Waals surface area contributed by atoms with Gasteiger partial charge in [0.1, 0.15) is 0 Å². The van der Waals surface area contributed by atoms with Crippen molar-refractivity contribution in [1.82, 2.24) is 10.6 Å². The van der Waals surface area contributed by atoms with E-state index in [1.807, 2.05) is 6.92 Å². The summed E-state index contributed by atoms with van der Waals surface area (Å²) in [6.45, 7) is 7.17. The fourth-order valence-corrected chi connectivity index (χ4v) is 1.90. The predicted molar refractivity (Wildman–Crippen MR) is 64.3 cm³/mol. The highest BCUT2D eigenvalue weighted by atomic mass is 16.5. The van der Waals surface area contributed by atoms with Crippen LogP contribution in [0.5, 0.6) is 0 Å². The standard InChI is InChI=1S/C12H24N2O2/c1-3-16-8-4-7-13-12(15)11-6-5-10(2)14-9-11/h10-11,14H,3-9H2,1-2H3,(H,13,15). The molecule has 4 heteroatoms. The Morgan fingerprint density at radius 2 is 2.31 bits per heavy atom. The molecule has 2 N–H and O–H groups in total. The van der Waals surface area contributed by atoms with Crippen LogP contribution in [0.25, 0.3) is 0 Å². The average Bonchev–Trinajstić information content (AvgIpc) is 2.29. The molecule has 0 aliphatic carbocycles. The lowest BCUT2D eigenvalue weighted by Crippen LogP contribution is -2.44. The number of rotatable bonds is 6. The molecule has 1 saturated heterocycles. The Hall–Kier alpha value is -0.610. The van der Waals surface area contributed by atoms with Crippen LogP contribution >= 0.6 is 0 Å². The third-order valence-electron chi connectivity index (χ3n) is 3.00. The number of ether oxygens (including phenoxy) is 1. The van der Waals surface area contributed by atoms with Gasteiger partial charge >= 0.3 is 0 Å². The number of hydrogen-bond donors (Lipinski definition) is 2. The van der Waals surface area contributed by atoms with Gasteiger partial charge in [-0.2, -0.15) is 0 Å². The number of carbonyl (C=O) groups is 1. The summed E-state index contributed by atoms with van der Waals surface area (Å²) in [7, 11) is 0. The second kappa shape index (κ2) is 7.63. The van der Waals surface area contributed by atoms with Gasteiger partial charge in [0.15, 0.2) is 0 Å². The summed E-state index contributed by atoms with van der Waals surface area (Å²) in [6, 6.07) is 0.557. The zero-order chi connectivity index (χ0) is 11.8. The Morgan fingerprint density at radius 3 is 2.94 bits per heavy atom. The molecule has 2 atom stereocenters. The molecule has 1 amide bonds. The summed E-state index contributed by atoms with van der Waals surface area (Å²) in [6.07, 6.45) is 3.00. The number of hydrogen-bond acceptors (Lipinski definition) is 3. The molecule has 1 fully saturated rings. The van der Waals surface area contributed by atoms with Gasteiger partial charge in [0.25, 0.3) is 0 Å². The zero-order valence-corrected chi connectivity index (χ0v) is 10.4. The third kappa shape index (κ3) is 4.94. The van der Waals surface area contributed by atoms with Crippen LogP contribution in [-0.2, 0) is 9.53 Å². The van der Waals surface area contributed by atoms with Crippen molar-refractivity contribution in [1.29, 1.82) is 0 Å². The fourth-order valence-electron chi connectivity index (χ4n) is 1.90. The van der Waals surface area contributed by atoms with E-state index in [9.17, 15) is 4.79 Å². The van der Waals surface area contributed by atoms with E-state index in [4.69, 9.17) is 4.74 Å². The van der Waals surface area contributed by atoms with Gasteiger partial charge in [0, 0.05) is 32.3 Å². The van der Waals surface area contributed by atoms with Crippen LogP contribution in [0.15, 0.2) is 0 Å². The molecule has 0 saturated carbocycles. The highest BCUT2D eigenvalue weighted by Gasteiger charge is 2.23. The Labute approximate surface area is 98.1 Å². The largest absolute Gasteiger partial charge is 0.382 e. The van der Waals surface area contributed by atoms with Crippen molar-refractivity contribution < 1.29 is 9.53 Å². The van der Waals surface area contributed by atoms with Gasteiger partial charge in [-0.05, 0) is 33.1 Å².